The van der Waals surface area contributed by atoms with Gasteiger partial charge < -0.3 is 4.57 Å². The first-order chi connectivity index (χ1) is 15.3. The number of imidazole rings is 1. The highest BCUT2D eigenvalue weighted by atomic mass is 32.2. The molecule has 4 aromatic rings. The summed E-state index contributed by atoms with van der Waals surface area (Å²) in [5.41, 5.74) is 6.69. The van der Waals surface area contributed by atoms with Gasteiger partial charge in [-0.05, 0) is 86.7 Å². The Morgan fingerprint density at radius 1 is 0.875 bits per heavy atom. The van der Waals surface area contributed by atoms with Gasteiger partial charge in [-0.3, -0.25) is 4.72 Å². The van der Waals surface area contributed by atoms with Gasteiger partial charge in [-0.1, -0.05) is 30.3 Å². The summed E-state index contributed by atoms with van der Waals surface area (Å²) in [6.07, 6.45) is 1.67. The minimum atomic E-state index is -3.64. The summed E-state index contributed by atoms with van der Waals surface area (Å²) in [5, 5.41) is 0. The first kappa shape index (κ1) is 22.1. The van der Waals surface area contributed by atoms with E-state index in [-0.39, 0.29) is 0 Å². The quantitative estimate of drug-likeness (QED) is 0.403. The van der Waals surface area contributed by atoms with Crippen molar-refractivity contribution >= 4 is 26.7 Å². The number of fused-ring (bicyclic) bond motifs is 1. The Hall–Kier alpha value is -3.12. The van der Waals surface area contributed by atoms with E-state index in [9.17, 15) is 8.42 Å². The molecule has 3 aromatic carbocycles. The predicted molar refractivity (Wildman–Crippen MR) is 131 cm³/mol. The Kier molecular flexibility index (Phi) is 6.07. The van der Waals surface area contributed by atoms with Gasteiger partial charge in [-0.25, -0.2) is 13.4 Å². The molecule has 0 aliphatic heterocycles. The van der Waals surface area contributed by atoms with Gasteiger partial charge in [0.2, 0.25) is 0 Å². The molecule has 0 radical (unpaired) electrons. The number of benzene rings is 3. The molecule has 32 heavy (non-hydrogen) atoms. The van der Waals surface area contributed by atoms with Crippen LogP contribution in [0.2, 0.25) is 0 Å². The molecule has 1 heterocycles. The van der Waals surface area contributed by atoms with Crippen molar-refractivity contribution in [3.63, 3.8) is 0 Å². The van der Waals surface area contributed by atoms with Crippen LogP contribution in [0.4, 0.5) is 5.69 Å². The number of hydrogen-bond acceptors (Lipinski definition) is 3. The van der Waals surface area contributed by atoms with Gasteiger partial charge in [0.1, 0.15) is 5.82 Å². The van der Waals surface area contributed by atoms with Gasteiger partial charge in [0, 0.05) is 18.7 Å². The molecule has 6 heteroatoms. The number of hydrogen-bond donors (Lipinski definition) is 1. The van der Waals surface area contributed by atoms with Gasteiger partial charge in [0.05, 0.1) is 15.9 Å². The van der Waals surface area contributed by atoms with E-state index in [1.807, 2.05) is 69.3 Å². The van der Waals surface area contributed by atoms with Crippen LogP contribution < -0.4 is 4.72 Å². The lowest BCUT2D eigenvalue weighted by atomic mass is 10.1. The van der Waals surface area contributed by atoms with Crippen molar-refractivity contribution in [3.05, 3.63) is 88.7 Å². The van der Waals surface area contributed by atoms with E-state index in [0.717, 1.165) is 58.5 Å². The third kappa shape index (κ3) is 4.41. The fourth-order valence-electron chi connectivity index (χ4n) is 4.10. The maximum atomic E-state index is 12.9. The van der Waals surface area contributed by atoms with Crippen LogP contribution in [-0.2, 0) is 29.4 Å². The maximum absolute atomic E-state index is 12.9. The second-order valence-electron chi connectivity index (χ2n) is 8.27. The minimum absolute atomic E-state index is 0.322. The largest absolute Gasteiger partial charge is 0.328 e. The number of para-hydroxylation sites is 2. The second kappa shape index (κ2) is 8.79. The highest BCUT2D eigenvalue weighted by molar-refractivity contribution is 7.92. The molecular weight excluding hydrogens is 418 g/mol. The first-order valence-electron chi connectivity index (χ1n) is 10.9. The molecule has 4 rings (SSSR count). The van der Waals surface area contributed by atoms with Gasteiger partial charge in [-0.2, -0.15) is 0 Å². The molecule has 0 unspecified atom stereocenters. The summed E-state index contributed by atoms with van der Waals surface area (Å²) in [4.78, 5) is 5.11. The fourth-order valence-corrected chi connectivity index (χ4v) is 5.47. The van der Waals surface area contributed by atoms with Gasteiger partial charge >= 0.3 is 0 Å². The monoisotopic (exact) mass is 447 g/mol. The zero-order valence-electron chi connectivity index (χ0n) is 19.0. The number of aryl methyl sites for hydroxylation is 6. The molecule has 0 aliphatic carbocycles. The number of nitrogens with zero attached hydrogens (tertiary/aromatic N) is 2. The molecule has 0 spiro atoms. The smallest absolute Gasteiger partial charge is 0.262 e. The van der Waals surface area contributed by atoms with Crippen molar-refractivity contribution in [2.75, 3.05) is 4.72 Å². The van der Waals surface area contributed by atoms with Gasteiger partial charge in [0.25, 0.3) is 10.0 Å². The normalized spacial score (nSPS) is 11.8. The number of nitrogens with one attached hydrogen (secondary N) is 1. The van der Waals surface area contributed by atoms with E-state index in [1.165, 1.54) is 0 Å². The Bertz CT molecular complexity index is 1370. The van der Waals surface area contributed by atoms with Crippen molar-refractivity contribution in [1.82, 2.24) is 9.55 Å². The van der Waals surface area contributed by atoms with Gasteiger partial charge in [0.15, 0.2) is 0 Å². The maximum Gasteiger partial charge on any atom is 0.262 e. The van der Waals surface area contributed by atoms with Crippen LogP contribution in [0.25, 0.3) is 11.0 Å². The summed E-state index contributed by atoms with van der Waals surface area (Å²) in [6, 6.07) is 19.5. The zero-order chi connectivity index (χ0) is 22.9. The van der Waals surface area contributed by atoms with Crippen LogP contribution in [-0.4, -0.2) is 18.0 Å². The Morgan fingerprint density at radius 2 is 1.56 bits per heavy atom. The molecule has 0 bridgehead atoms. The lowest BCUT2D eigenvalue weighted by Crippen LogP contribution is -2.14. The number of sulfonamides is 1. The van der Waals surface area contributed by atoms with Crippen molar-refractivity contribution in [1.29, 1.82) is 0 Å². The molecule has 0 atom stereocenters. The molecule has 0 saturated carbocycles. The van der Waals surface area contributed by atoms with Crippen LogP contribution >= 0.6 is 0 Å². The predicted octanol–water partition coefficient (Wildman–Crippen LogP) is 5.57. The van der Waals surface area contributed by atoms with Crippen molar-refractivity contribution in [3.8, 4) is 0 Å². The lowest BCUT2D eigenvalue weighted by Gasteiger charge is -2.13. The van der Waals surface area contributed by atoms with E-state index >= 15 is 0 Å². The first-order valence-corrected chi connectivity index (χ1v) is 12.4. The van der Waals surface area contributed by atoms with Crippen LogP contribution in [0, 0.1) is 20.8 Å². The molecule has 0 saturated heterocycles. The highest BCUT2D eigenvalue weighted by Crippen LogP contribution is 2.23. The average molecular weight is 448 g/mol. The molecule has 0 fully saturated rings. The van der Waals surface area contributed by atoms with E-state index in [2.05, 4.69) is 22.3 Å². The zero-order valence-corrected chi connectivity index (χ0v) is 19.8. The van der Waals surface area contributed by atoms with Crippen LogP contribution in [0.3, 0.4) is 0 Å². The third-order valence-electron chi connectivity index (χ3n) is 5.97. The molecule has 1 aromatic heterocycles. The van der Waals surface area contributed by atoms with Crippen molar-refractivity contribution < 1.29 is 8.42 Å². The van der Waals surface area contributed by atoms with Crippen molar-refractivity contribution in [2.45, 2.75) is 52.0 Å². The highest BCUT2D eigenvalue weighted by Gasteiger charge is 2.18. The summed E-state index contributed by atoms with van der Waals surface area (Å²) >= 11 is 0. The standard InChI is InChI=1S/C26H29N3O2S/c1-5-29-24-9-7-6-8-23(24)27-26(29)15-12-21-10-13-22(14-11-21)28-32(30,31)25-17-19(3)18(2)16-20(25)4/h6-11,13-14,16-17,28H,5,12,15H2,1-4H3. The Labute approximate surface area is 190 Å². The number of aromatic nitrogens is 2. The van der Waals surface area contributed by atoms with Crippen LogP contribution in [0.5, 0.6) is 0 Å². The summed E-state index contributed by atoms with van der Waals surface area (Å²) < 4.78 is 30.8. The number of rotatable bonds is 7. The van der Waals surface area contributed by atoms with E-state index in [0.29, 0.717) is 10.6 Å². The summed E-state index contributed by atoms with van der Waals surface area (Å²) in [5.74, 6) is 1.07. The molecular formula is C26H29N3O2S. The van der Waals surface area contributed by atoms with Gasteiger partial charge in [-0.15, -0.1) is 0 Å². The topological polar surface area (TPSA) is 64.0 Å². The van der Waals surface area contributed by atoms with Crippen molar-refractivity contribution in [2.24, 2.45) is 0 Å². The summed E-state index contributed by atoms with van der Waals surface area (Å²) in [7, 11) is -3.64. The second-order valence-corrected chi connectivity index (χ2v) is 9.92. The average Bonchev–Trinajstić information content (AvgIpc) is 3.13. The van der Waals surface area contributed by atoms with Crippen LogP contribution in [0.1, 0.15) is 35.0 Å². The SMILES string of the molecule is CCn1c(CCc2ccc(NS(=O)(=O)c3cc(C)c(C)cc3C)cc2)nc2ccccc21. The molecule has 166 valence electrons. The molecule has 1 N–H and O–H groups in total. The number of anilines is 1. The molecule has 0 amide bonds. The van der Waals surface area contributed by atoms with Crippen LogP contribution in [0.15, 0.2) is 65.6 Å². The Morgan fingerprint density at radius 3 is 2.28 bits per heavy atom. The van der Waals surface area contributed by atoms with E-state index in [1.54, 1.807) is 6.07 Å². The molecule has 5 nitrogen and oxygen atoms in total. The molecule has 0 aliphatic rings. The van der Waals surface area contributed by atoms with E-state index < -0.39 is 10.0 Å². The summed E-state index contributed by atoms with van der Waals surface area (Å²) in [6.45, 7) is 8.76. The lowest BCUT2D eigenvalue weighted by molar-refractivity contribution is 0.600. The Balaban J connectivity index is 1.48. The minimum Gasteiger partial charge on any atom is -0.328 e. The van der Waals surface area contributed by atoms with E-state index in [4.69, 9.17) is 4.98 Å². The third-order valence-corrected chi connectivity index (χ3v) is 7.50. The fraction of sp³-hybridized carbons (Fsp3) is 0.269.